The molecule has 0 atom stereocenters. The summed E-state index contributed by atoms with van der Waals surface area (Å²) in [5.74, 6) is -1.07. The van der Waals surface area contributed by atoms with Gasteiger partial charge in [-0.1, -0.05) is 23.4 Å². The third-order valence-corrected chi connectivity index (χ3v) is 4.60. The van der Waals surface area contributed by atoms with Crippen molar-refractivity contribution < 1.29 is 17.6 Å². The number of Topliss-reactive ketones (excluding diaryl/α,β-unsaturated/α-hetero) is 1. The van der Waals surface area contributed by atoms with Crippen molar-refractivity contribution in [2.75, 3.05) is 4.72 Å². The lowest BCUT2D eigenvalue weighted by Crippen LogP contribution is -2.16. The van der Waals surface area contributed by atoms with Gasteiger partial charge in [-0.15, -0.1) is 5.10 Å². The maximum absolute atomic E-state index is 13.4. The molecule has 1 N–H and O–H groups in total. The number of anilines is 1. The molecule has 0 radical (unpaired) electrons. The smallest absolute Gasteiger partial charge is 0.282 e. The number of sulfonamides is 1. The van der Waals surface area contributed by atoms with Gasteiger partial charge in [0.2, 0.25) is 5.03 Å². The van der Waals surface area contributed by atoms with Gasteiger partial charge in [0.25, 0.3) is 10.0 Å². The summed E-state index contributed by atoms with van der Waals surface area (Å²) in [7, 11) is -4.14. The summed E-state index contributed by atoms with van der Waals surface area (Å²) in [6.45, 7) is 1.26. The summed E-state index contributed by atoms with van der Waals surface area (Å²) < 4.78 is 41.9. The lowest BCUT2D eigenvalue weighted by atomic mass is 10.1. The fraction of sp³-hybridized carbons (Fsp3) is 0.0625. The minimum atomic E-state index is -4.14. The first-order valence-corrected chi connectivity index (χ1v) is 8.66. The SMILES string of the molecule is CC(=O)c1ccc(F)cc1NS(=O)(=O)c1cn(-c2ccccc2)nn1. The zero-order chi connectivity index (χ0) is 18.0. The monoisotopic (exact) mass is 360 g/mol. The van der Waals surface area contributed by atoms with Crippen molar-refractivity contribution in [1.82, 2.24) is 15.0 Å². The maximum atomic E-state index is 13.4. The lowest BCUT2D eigenvalue weighted by Gasteiger charge is -2.09. The Bertz CT molecular complexity index is 1030. The molecule has 3 rings (SSSR count). The third kappa shape index (κ3) is 3.56. The molecule has 2 aromatic carbocycles. The van der Waals surface area contributed by atoms with Crippen LogP contribution in [-0.4, -0.2) is 29.2 Å². The van der Waals surface area contributed by atoms with Crippen molar-refractivity contribution >= 4 is 21.5 Å². The van der Waals surface area contributed by atoms with Crippen LogP contribution in [0.3, 0.4) is 0 Å². The number of hydrogen-bond acceptors (Lipinski definition) is 5. The molecule has 0 aliphatic rings. The number of rotatable bonds is 5. The van der Waals surface area contributed by atoms with Crippen LogP contribution in [0.25, 0.3) is 5.69 Å². The second-order valence-corrected chi connectivity index (χ2v) is 6.82. The number of carbonyl (C=O) groups excluding carboxylic acids is 1. The van der Waals surface area contributed by atoms with E-state index in [9.17, 15) is 17.6 Å². The van der Waals surface area contributed by atoms with E-state index >= 15 is 0 Å². The predicted octanol–water partition coefficient (Wildman–Crippen LogP) is 2.41. The highest BCUT2D eigenvalue weighted by molar-refractivity contribution is 7.92. The minimum Gasteiger partial charge on any atom is -0.294 e. The molecule has 128 valence electrons. The number of halogens is 1. The number of nitrogens with zero attached hydrogens (tertiary/aromatic N) is 3. The zero-order valence-corrected chi connectivity index (χ0v) is 13.9. The Morgan fingerprint density at radius 2 is 1.88 bits per heavy atom. The van der Waals surface area contributed by atoms with Gasteiger partial charge in [0.15, 0.2) is 5.78 Å². The molecular weight excluding hydrogens is 347 g/mol. The molecule has 0 bridgehead atoms. The van der Waals surface area contributed by atoms with Crippen LogP contribution in [0.5, 0.6) is 0 Å². The number of ketones is 1. The van der Waals surface area contributed by atoms with Crippen LogP contribution < -0.4 is 4.72 Å². The molecule has 25 heavy (non-hydrogen) atoms. The summed E-state index contributed by atoms with van der Waals surface area (Å²) >= 11 is 0. The van der Waals surface area contributed by atoms with Gasteiger partial charge in [-0.05, 0) is 37.3 Å². The average Bonchev–Trinajstić information content (AvgIpc) is 3.06. The van der Waals surface area contributed by atoms with Gasteiger partial charge < -0.3 is 0 Å². The largest absolute Gasteiger partial charge is 0.294 e. The lowest BCUT2D eigenvalue weighted by molar-refractivity contribution is 0.101. The standard InChI is InChI=1S/C16H13FN4O3S/c1-11(22)14-8-7-12(17)9-15(14)19-25(23,24)16-10-21(20-18-16)13-5-3-2-4-6-13/h2-10,19H,1H3. The second kappa shape index (κ2) is 6.44. The number of carbonyl (C=O) groups is 1. The van der Waals surface area contributed by atoms with E-state index in [0.29, 0.717) is 5.69 Å². The van der Waals surface area contributed by atoms with Crippen molar-refractivity contribution in [2.45, 2.75) is 11.9 Å². The molecule has 0 saturated heterocycles. The zero-order valence-electron chi connectivity index (χ0n) is 13.0. The maximum Gasteiger partial charge on any atom is 0.282 e. The van der Waals surface area contributed by atoms with Crippen LogP contribution in [0, 0.1) is 5.82 Å². The molecule has 0 amide bonds. The molecule has 1 heterocycles. The third-order valence-electron chi connectivity index (χ3n) is 3.37. The van der Waals surface area contributed by atoms with Crippen LogP contribution in [0.2, 0.25) is 0 Å². The van der Waals surface area contributed by atoms with Crippen molar-refractivity contribution in [3.63, 3.8) is 0 Å². The van der Waals surface area contributed by atoms with Gasteiger partial charge in [-0.2, -0.15) is 8.42 Å². The van der Waals surface area contributed by atoms with E-state index < -0.39 is 21.6 Å². The predicted molar refractivity (Wildman–Crippen MR) is 88.6 cm³/mol. The first-order valence-electron chi connectivity index (χ1n) is 7.18. The number of para-hydroxylation sites is 1. The molecular formula is C16H13FN4O3S. The second-order valence-electron chi connectivity index (χ2n) is 5.19. The highest BCUT2D eigenvalue weighted by atomic mass is 32.2. The van der Waals surface area contributed by atoms with Gasteiger partial charge in [0.1, 0.15) is 5.82 Å². The summed E-state index contributed by atoms with van der Waals surface area (Å²) in [4.78, 5) is 11.6. The number of aromatic nitrogens is 3. The number of nitrogens with one attached hydrogen (secondary N) is 1. The first-order chi connectivity index (χ1) is 11.9. The summed E-state index contributed by atoms with van der Waals surface area (Å²) in [6.07, 6.45) is 1.23. The average molecular weight is 360 g/mol. The Balaban J connectivity index is 1.95. The number of hydrogen-bond donors (Lipinski definition) is 1. The van der Waals surface area contributed by atoms with Crippen molar-refractivity contribution in [3.05, 3.63) is 66.1 Å². The Kier molecular flexibility index (Phi) is 4.32. The topological polar surface area (TPSA) is 94.0 Å². The first kappa shape index (κ1) is 16.8. The van der Waals surface area contributed by atoms with Crippen molar-refractivity contribution in [2.24, 2.45) is 0 Å². The molecule has 7 nitrogen and oxygen atoms in total. The summed E-state index contributed by atoms with van der Waals surface area (Å²) in [5, 5.41) is 7.07. The number of benzene rings is 2. The van der Waals surface area contributed by atoms with Crippen LogP contribution in [0.4, 0.5) is 10.1 Å². The van der Waals surface area contributed by atoms with Gasteiger partial charge in [0, 0.05) is 5.56 Å². The normalized spacial score (nSPS) is 11.3. The highest BCUT2D eigenvalue weighted by Gasteiger charge is 2.21. The molecule has 0 spiro atoms. The molecule has 0 fully saturated rings. The quantitative estimate of drug-likeness (QED) is 0.705. The highest BCUT2D eigenvalue weighted by Crippen LogP contribution is 2.21. The van der Waals surface area contributed by atoms with E-state index in [0.717, 1.165) is 12.1 Å². The van der Waals surface area contributed by atoms with Crippen LogP contribution >= 0.6 is 0 Å². The fourth-order valence-corrected chi connectivity index (χ4v) is 3.13. The van der Waals surface area contributed by atoms with Gasteiger partial charge in [0.05, 0.1) is 17.6 Å². The van der Waals surface area contributed by atoms with Crippen LogP contribution in [-0.2, 0) is 10.0 Å². The Morgan fingerprint density at radius 3 is 2.56 bits per heavy atom. The van der Waals surface area contributed by atoms with E-state index in [1.54, 1.807) is 24.3 Å². The van der Waals surface area contributed by atoms with E-state index in [1.807, 2.05) is 6.07 Å². The van der Waals surface area contributed by atoms with E-state index in [-0.39, 0.29) is 16.3 Å². The molecule has 0 unspecified atom stereocenters. The molecule has 9 heteroatoms. The van der Waals surface area contributed by atoms with E-state index in [4.69, 9.17) is 0 Å². The van der Waals surface area contributed by atoms with Crippen LogP contribution in [0.15, 0.2) is 59.8 Å². The fourth-order valence-electron chi connectivity index (χ4n) is 2.18. The van der Waals surface area contributed by atoms with E-state index in [1.165, 1.54) is 23.9 Å². The Labute approximate surface area is 143 Å². The molecule has 0 aliphatic heterocycles. The van der Waals surface area contributed by atoms with Crippen molar-refractivity contribution in [1.29, 1.82) is 0 Å². The molecule has 0 saturated carbocycles. The van der Waals surface area contributed by atoms with Gasteiger partial charge in [-0.3, -0.25) is 9.52 Å². The van der Waals surface area contributed by atoms with Gasteiger partial charge >= 0.3 is 0 Å². The Morgan fingerprint density at radius 1 is 1.16 bits per heavy atom. The summed E-state index contributed by atoms with van der Waals surface area (Å²) in [6, 6.07) is 12.1. The van der Waals surface area contributed by atoms with Crippen molar-refractivity contribution in [3.8, 4) is 5.69 Å². The minimum absolute atomic E-state index is 0.0560. The van der Waals surface area contributed by atoms with E-state index in [2.05, 4.69) is 15.0 Å². The van der Waals surface area contributed by atoms with Crippen LogP contribution in [0.1, 0.15) is 17.3 Å². The Hall–Kier alpha value is -3.07. The molecule has 1 aromatic heterocycles. The summed E-state index contributed by atoms with van der Waals surface area (Å²) in [5.41, 5.74) is 0.536. The van der Waals surface area contributed by atoms with Gasteiger partial charge in [-0.25, -0.2) is 9.07 Å². The molecule has 3 aromatic rings. The molecule has 0 aliphatic carbocycles.